The Morgan fingerprint density at radius 1 is 1.38 bits per heavy atom. The molecule has 0 saturated heterocycles. The number of aromatic amines is 1. The number of aryl methyl sites for hydroxylation is 2. The molecule has 0 atom stereocenters. The fourth-order valence-corrected chi connectivity index (χ4v) is 4.19. The lowest BCUT2D eigenvalue weighted by atomic mass is 10.3. The molecule has 2 heterocycles. The van der Waals surface area contributed by atoms with Gasteiger partial charge in [0.2, 0.25) is 0 Å². The van der Waals surface area contributed by atoms with E-state index in [2.05, 4.69) is 34.1 Å². The van der Waals surface area contributed by atoms with Crippen molar-refractivity contribution < 1.29 is 8.42 Å². The average Bonchev–Trinajstić information content (AvgIpc) is 2.99. The third-order valence-electron chi connectivity index (χ3n) is 2.97. The topological polar surface area (TPSA) is 86.9 Å². The van der Waals surface area contributed by atoms with Crippen LogP contribution in [-0.4, -0.2) is 24.7 Å². The quantitative estimate of drug-likeness (QED) is 0.760. The number of hydrogen-bond donors (Lipinski definition) is 3. The summed E-state index contributed by atoms with van der Waals surface area (Å²) >= 11 is 1.22. The van der Waals surface area contributed by atoms with Gasteiger partial charge >= 0.3 is 0 Å². The van der Waals surface area contributed by atoms with E-state index in [1.54, 1.807) is 19.9 Å². The van der Waals surface area contributed by atoms with E-state index in [0.717, 1.165) is 5.56 Å². The number of aromatic nitrogens is 2. The third kappa shape index (κ3) is 3.84. The summed E-state index contributed by atoms with van der Waals surface area (Å²) in [5.74, 6) is 0. The van der Waals surface area contributed by atoms with Gasteiger partial charge in [0, 0.05) is 12.6 Å². The number of H-pyrrole nitrogens is 1. The van der Waals surface area contributed by atoms with Crippen LogP contribution in [0.15, 0.2) is 15.7 Å². The van der Waals surface area contributed by atoms with Gasteiger partial charge in [-0.3, -0.25) is 9.82 Å². The molecule has 3 N–H and O–H groups in total. The van der Waals surface area contributed by atoms with Crippen LogP contribution >= 0.6 is 11.3 Å². The van der Waals surface area contributed by atoms with E-state index in [1.807, 2.05) is 5.38 Å². The molecule has 0 spiro atoms. The van der Waals surface area contributed by atoms with Crippen molar-refractivity contribution in [2.24, 2.45) is 0 Å². The summed E-state index contributed by atoms with van der Waals surface area (Å²) in [6.07, 6.45) is 0. The monoisotopic (exact) mass is 328 g/mol. The minimum atomic E-state index is -3.57. The predicted molar refractivity (Wildman–Crippen MR) is 85.2 cm³/mol. The smallest absolute Gasteiger partial charge is 0.271 e. The Morgan fingerprint density at radius 3 is 2.67 bits per heavy atom. The standard InChI is InChI=1S/C13H20N4O2S2/c1-8(2)14-6-11-5-12(20-7-11)21(18,19)17-13-9(3)15-16-10(13)4/h5,7-8,14,17H,6H2,1-4H3,(H,15,16). The number of rotatable bonds is 6. The second-order valence-corrected chi connectivity index (χ2v) is 8.04. The van der Waals surface area contributed by atoms with Gasteiger partial charge < -0.3 is 5.32 Å². The lowest BCUT2D eigenvalue weighted by molar-refractivity contribution is 0.589. The molecule has 0 aromatic carbocycles. The number of nitrogens with one attached hydrogen (secondary N) is 3. The van der Waals surface area contributed by atoms with E-state index in [-0.39, 0.29) is 0 Å². The maximum Gasteiger partial charge on any atom is 0.271 e. The third-order valence-corrected chi connectivity index (χ3v) is 5.81. The summed E-state index contributed by atoms with van der Waals surface area (Å²) in [4.78, 5) is 0. The molecule has 116 valence electrons. The number of hydrogen-bond acceptors (Lipinski definition) is 5. The second-order valence-electron chi connectivity index (χ2n) is 5.22. The maximum absolute atomic E-state index is 12.4. The molecular weight excluding hydrogens is 308 g/mol. The van der Waals surface area contributed by atoms with E-state index in [0.29, 0.717) is 33.9 Å². The zero-order chi connectivity index (χ0) is 15.6. The van der Waals surface area contributed by atoms with Crippen molar-refractivity contribution in [1.29, 1.82) is 0 Å². The Labute approximate surface area is 129 Å². The van der Waals surface area contributed by atoms with E-state index < -0.39 is 10.0 Å². The number of sulfonamides is 1. The zero-order valence-electron chi connectivity index (χ0n) is 12.5. The molecular formula is C13H20N4O2S2. The largest absolute Gasteiger partial charge is 0.310 e. The average molecular weight is 328 g/mol. The van der Waals surface area contributed by atoms with Gasteiger partial charge in [0.1, 0.15) is 4.21 Å². The number of nitrogens with zero attached hydrogens (tertiary/aromatic N) is 1. The molecule has 6 nitrogen and oxygen atoms in total. The van der Waals surface area contributed by atoms with Crippen molar-refractivity contribution in [2.75, 3.05) is 4.72 Å². The van der Waals surface area contributed by atoms with E-state index in [4.69, 9.17) is 0 Å². The van der Waals surface area contributed by atoms with Gasteiger partial charge in [0.05, 0.1) is 17.1 Å². The van der Waals surface area contributed by atoms with Gasteiger partial charge in [-0.05, 0) is 30.9 Å². The highest BCUT2D eigenvalue weighted by Crippen LogP contribution is 2.25. The molecule has 2 aromatic rings. The Bertz CT molecular complexity index is 697. The molecule has 0 unspecified atom stereocenters. The minimum absolute atomic E-state index is 0.308. The lowest BCUT2D eigenvalue weighted by Gasteiger charge is -2.06. The van der Waals surface area contributed by atoms with Gasteiger partial charge in [0.25, 0.3) is 10.0 Å². The molecule has 2 rings (SSSR count). The van der Waals surface area contributed by atoms with Gasteiger partial charge in [-0.15, -0.1) is 11.3 Å². The highest BCUT2D eigenvalue weighted by Gasteiger charge is 2.20. The van der Waals surface area contributed by atoms with Crippen molar-refractivity contribution in [3.8, 4) is 0 Å². The van der Waals surface area contributed by atoms with Crippen LogP contribution in [0, 0.1) is 13.8 Å². The molecule has 0 saturated carbocycles. The summed E-state index contributed by atoms with van der Waals surface area (Å²) < 4.78 is 27.7. The summed E-state index contributed by atoms with van der Waals surface area (Å²) in [5.41, 5.74) is 2.82. The van der Waals surface area contributed by atoms with Gasteiger partial charge in [-0.2, -0.15) is 5.10 Å². The Morgan fingerprint density at radius 2 is 2.10 bits per heavy atom. The van der Waals surface area contributed by atoms with E-state index in [9.17, 15) is 8.42 Å². The molecule has 8 heteroatoms. The SMILES string of the molecule is Cc1n[nH]c(C)c1NS(=O)(=O)c1cc(CNC(C)C)cs1. The van der Waals surface area contributed by atoms with Crippen molar-refractivity contribution in [3.05, 3.63) is 28.4 Å². The van der Waals surface area contributed by atoms with E-state index in [1.165, 1.54) is 11.3 Å². The van der Waals surface area contributed by atoms with Crippen LogP contribution in [0.25, 0.3) is 0 Å². The molecule has 0 aliphatic heterocycles. The van der Waals surface area contributed by atoms with Crippen LogP contribution in [0.5, 0.6) is 0 Å². The molecule has 0 bridgehead atoms. The fourth-order valence-electron chi connectivity index (χ4n) is 1.79. The number of anilines is 1. The van der Waals surface area contributed by atoms with Gasteiger partial charge in [-0.25, -0.2) is 8.42 Å². The lowest BCUT2D eigenvalue weighted by Crippen LogP contribution is -2.21. The first-order valence-electron chi connectivity index (χ1n) is 6.65. The van der Waals surface area contributed by atoms with Crippen LogP contribution in [0.1, 0.15) is 30.8 Å². The molecule has 2 aromatic heterocycles. The summed E-state index contributed by atoms with van der Waals surface area (Å²) in [6.45, 7) is 8.30. The fraction of sp³-hybridized carbons (Fsp3) is 0.462. The Balaban J connectivity index is 2.17. The highest BCUT2D eigenvalue weighted by molar-refractivity contribution is 7.94. The van der Waals surface area contributed by atoms with Gasteiger partial charge in [0.15, 0.2) is 0 Å². The first-order chi connectivity index (χ1) is 9.79. The van der Waals surface area contributed by atoms with Gasteiger partial charge in [-0.1, -0.05) is 13.8 Å². The van der Waals surface area contributed by atoms with Crippen molar-refractivity contribution in [1.82, 2.24) is 15.5 Å². The Hall–Kier alpha value is -1.38. The number of thiophene rings is 1. The van der Waals surface area contributed by atoms with Crippen LogP contribution in [0.4, 0.5) is 5.69 Å². The first-order valence-corrected chi connectivity index (χ1v) is 9.01. The summed E-state index contributed by atoms with van der Waals surface area (Å²) in [5, 5.41) is 11.9. The predicted octanol–water partition coefficient (Wildman–Crippen LogP) is 2.39. The van der Waals surface area contributed by atoms with Crippen molar-refractivity contribution >= 4 is 27.0 Å². The van der Waals surface area contributed by atoms with Crippen LogP contribution < -0.4 is 10.0 Å². The van der Waals surface area contributed by atoms with Crippen LogP contribution in [0.2, 0.25) is 0 Å². The molecule has 0 fully saturated rings. The highest BCUT2D eigenvalue weighted by atomic mass is 32.2. The molecule has 0 amide bonds. The van der Waals surface area contributed by atoms with Crippen molar-refractivity contribution in [2.45, 2.75) is 44.5 Å². The maximum atomic E-state index is 12.4. The minimum Gasteiger partial charge on any atom is -0.310 e. The van der Waals surface area contributed by atoms with Crippen LogP contribution in [0.3, 0.4) is 0 Å². The Kier molecular flexibility index (Phi) is 4.70. The molecule has 0 aliphatic rings. The zero-order valence-corrected chi connectivity index (χ0v) is 14.2. The van der Waals surface area contributed by atoms with Crippen molar-refractivity contribution in [3.63, 3.8) is 0 Å². The summed E-state index contributed by atoms with van der Waals surface area (Å²) in [6, 6.07) is 2.06. The molecule has 0 aliphatic carbocycles. The second kappa shape index (κ2) is 6.17. The molecule has 0 radical (unpaired) electrons. The first kappa shape index (κ1) is 16.0. The molecule has 21 heavy (non-hydrogen) atoms. The summed E-state index contributed by atoms with van der Waals surface area (Å²) in [7, 11) is -3.57. The van der Waals surface area contributed by atoms with E-state index >= 15 is 0 Å². The van der Waals surface area contributed by atoms with Crippen LogP contribution in [-0.2, 0) is 16.6 Å². The normalized spacial score (nSPS) is 12.0.